The minimum Gasteiger partial charge on any atom is -0.507 e. The fourth-order valence-corrected chi connectivity index (χ4v) is 3.65. The monoisotopic (exact) mass is 352 g/mol. The van der Waals surface area contributed by atoms with Gasteiger partial charge in [0.1, 0.15) is 5.75 Å². The van der Waals surface area contributed by atoms with Gasteiger partial charge in [-0.1, -0.05) is 18.2 Å². The molecule has 0 aliphatic carbocycles. The summed E-state index contributed by atoms with van der Waals surface area (Å²) >= 11 is 1.37. The molecule has 0 aromatic heterocycles. The van der Waals surface area contributed by atoms with Crippen LogP contribution < -0.4 is 0 Å². The number of hydrogen-bond acceptors (Lipinski definition) is 4. The van der Waals surface area contributed by atoms with E-state index in [4.69, 9.17) is 0 Å². The molecule has 1 saturated heterocycles. The fourth-order valence-electron chi connectivity index (χ4n) is 2.67. The van der Waals surface area contributed by atoms with Gasteiger partial charge in [-0.3, -0.25) is 9.69 Å². The number of aryl methyl sites for hydroxylation is 3. The Kier molecular flexibility index (Phi) is 4.68. The molecule has 0 atom stereocenters. The number of carbonyl (C=O) groups is 1. The molecule has 0 radical (unpaired) electrons. The Morgan fingerprint density at radius 1 is 1.08 bits per heavy atom. The average Bonchev–Trinajstić information content (AvgIpc) is 2.83. The van der Waals surface area contributed by atoms with E-state index >= 15 is 0 Å². The van der Waals surface area contributed by atoms with Crippen LogP contribution in [0.5, 0.6) is 5.75 Å². The van der Waals surface area contributed by atoms with Gasteiger partial charge in [-0.05, 0) is 79.1 Å². The van der Waals surface area contributed by atoms with E-state index in [1.165, 1.54) is 11.8 Å². The van der Waals surface area contributed by atoms with Gasteiger partial charge >= 0.3 is 0 Å². The molecule has 2 aromatic rings. The number of rotatable bonds is 2. The SMILES string of the molecule is Cc1ccccc1N=C1S/C(=C/c2cc(C)c(O)c(C)c2)C(=O)N1C. The van der Waals surface area contributed by atoms with Crippen LogP contribution in [0.2, 0.25) is 0 Å². The first-order chi connectivity index (χ1) is 11.9. The number of carbonyl (C=O) groups excluding carboxylic acids is 1. The van der Waals surface area contributed by atoms with Gasteiger partial charge in [0.2, 0.25) is 0 Å². The molecule has 0 saturated carbocycles. The van der Waals surface area contributed by atoms with Crippen LogP contribution in [0, 0.1) is 20.8 Å². The van der Waals surface area contributed by atoms with Crippen molar-refractivity contribution in [1.82, 2.24) is 4.90 Å². The van der Waals surface area contributed by atoms with Gasteiger partial charge in [-0.2, -0.15) is 0 Å². The van der Waals surface area contributed by atoms with Crippen LogP contribution in [0.4, 0.5) is 5.69 Å². The van der Waals surface area contributed by atoms with E-state index in [1.54, 1.807) is 11.9 Å². The van der Waals surface area contributed by atoms with Crippen molar-refractivity contribution in [3.63, 3.8) is 0 Å². The molecule has 0 bridgehead atoms. The highest BCUT2D eigenvalue weighted by atomic mass is 32.2. The van der Waals surface area contributed by atoms with E-state index in [-0.39, 0.29) is 5.91 Å². The molecule has 1 fully saturated rings. The predicted octanol–water partition coefficient (Wildman–Crippen LogP) is 4.55. The third-order valence-electron chi connectivity index (χ3n) is 4.15. The Morgan fingerprint density at radius 3 is 2.36 bits per heavy atom. The van der Waals surface area contributed by atoms with Gasteiger partial charge in [0, 0.05) is 7.05 Å². The van der Waals surface area contributed by atoms with Crippen molar-refractivity contribution >= 4 is 34.6 Å². The van der Waals surface area contributed by atoms with E-state index < -0.39 is 0 Å². The summed E-state index contributed by atoms with van der Waals surface area (Å²) in [5.74, 6) is 0.229. The van der Waals surface area contributed by atoms with Crippen LogP contribution in [0.1, 0.15) is 22.3 Å². The van der Waals surface area contributed by atoms with Gasteiger partial charge < -0.3 is 5.11 Å². The molecule has 1 N–H and O–H groups in total. The topological polar surface area (TPSA) is 52.9 Å². The summed E-state index contributed by atoms with van der Waals surface area (Å²) in [4.78, 5) is 19.4. The van der Waals surface area contributed by atoms with Gasteiger partial charge in [0.05, 0.1) is 10.6 Å². The summed E-state index contributed by atoms with van der Waals surface area (Å²) < 4.78 is 0. The fraction of sp³-hybridized carbons (Fsp3) is 0.200. The van der Waals surface area contributed by atoms with Crippen LogP contribution in [0.15, 0.2) is 46.3 Å². The van der Waals surface area contributed by atoms with Crippen molar-refractivity contribution in [2.45, 2.75) is 20.8 Å². The Hall–Kier alpha value is -2.53. The van der Waals surface area contributed by atoms with Crippen molar-refractivity contribution in [3.8, 4) is 5.75 Å². The maximum absolute atomic E-state index is 12.5. The molecule has 1 aliphatic rings. The molecule has 1 amide bonds. The number of aliphatic imine (C=N–C) groups is 1. The minimum atomic E-state index is -0.0688. The van der Waals surface area contributed by atoms with E-state index in [0.717, 1.165) is 27.9 Å². The van der Waals surface area contributed by atoms with Crippen LogP contribution in [0.25, 0.3) is 6.08 Å². The Morgan fingerprint density at radius 2 is 1.72 bits per heavy atom. The van der Waals surface area contributed by atoms with E-state index in [2.05, 4.69) is 4.99 Å². The van der Waals surface area contributed by atoms with Crippen LogP contribution in [0.3, 0.4) is 0 Å². The number of para-hydroxylation sites is 1. The number of phenols is 1. The molecule has 0 spiro atoms. The number of amidine groups is 1. The molecular formula is C20H20N2O2S. The third-order valence-corrected chi connectivity index (χ3v) is 5.21. The number of aromatic hydroxyl groups is 1. The van der Waals surface area contributed by atoms with Crippen molar-refractivity contribution in [2.24, 2.45) is 4.99 Å². The van der Waals surface area contributed by atoms with Crippen molar-refractivity contribution in [1.29, 1.82) is 0 Å². The zero-order chi connectivity index (χ0) is 18.1. The number of amides is 1. The summed E-state index contributed by atoms with van der Waals surface area (Å²) in [5.41, 5.74) is 4.42. The zero-order valence-corrected chi connectivity index (χ0v) is 15.5. The van der Waals surface area contributed by atoms with Crippen LogP contribution in [-0.2, 0) is 4.79 Å². The summed E-state index contributed by atoms with van der Waals surface area (Å²) in [6.45, 7) is 5.70. The van der Waals surface area contributed by atoms with Gasteiger partial charge in [-0.25, -0.2) is 4.99 Å². The first kappa shape index (κ1) is 17.3. The number of benzene rings is 2. The maximum Gasteiger partial charge on any atom is 0.266 e. The number of phenolic OH excluding ortho intramolecular Hbond substituents is 1. The van der Waals surface area contributed by atoms with E-state index in [0.29, 0.717) is 15.8 Å². The molecule has 2 aromatic carbocycles. The van der Waals surface area contributed by atoms with E-state index in [1.807, 2.05) is 63.2 Å². The first-order valence-electron chi connectivity index (χ1n) is 7.99. The minimum absolute atomic E-state index is 0.0688. The molecule has 25 heavy (non-hydrogen) atoms. The second kappa shape index (κ2) is 6.76. The highest BCUT2D eigenvalue weighted by Gasteiger charge is 2.30. The number of hydrogen-bond donors (Lipinski definition) is 1. The second-order valence-corrected chi connectivity index (χ2v) is 7.17. The van der Waals surface area contributed by atoms with Crippen molar-refractivity contribution in [3.05, 3.63) is 63.6 Å². The average molecular weight is 352 g/mol. The maximum atomic E-state index is 12.5. The lowest BCUT2D eigenvalue weighted by Crippen LogP contribution is -2.23. The first-order valence-corrected chi connectivity index (χ1v) is 8.80. The quantitative estimate of drug-likeness (QED) is 0.807. The molecule has 1 heterocycles. The van der Waals surface area contributed by atoms with E-state index in [9.17, 15) is 9.90 Å². The van der Waals surface area contributed by atoms with Gasteiger partial charge in [-0.15, -0.1) is 0 Å². The lowest BCUT2D eigenvalue weighted by molar-refractivity contribution is -0.121. The number of likely N-dealkylation sites (N-methyl/N-ethyl adjacent to an activating group) is 1. The number of nitrogens with zero attached hydrogens (tertiary/aromatic N) is 2. The zero-order valence-electron chi connectivity index (χ0n) is 14.7. The van der Waals surface area contributed by atoms with Crippen LogP contribution >= 0.6 is 11.8 Å². The highest BCUT2D eigenvalue weighted by molar-refractivity contribution is 8.18. The summed E-state index contributed by atoms with van der Waals surface area (Å²) in [7, 11) is 1.74. The molecule has 4 nitrogen and oxygen atoms in total. The van der Waals surface area contributed by atoms with Crippen molar-refractivity contribution < 1.29 is 9.90 Å². The highest BCUT2D eigenvalue weighted by Crippen LogP contribution is 2.34. The Labute approximate surface area is 151 Å². The molecule has 1 aliphatic heterocycles. The summed E-state index contributed by atoms with van der Waals surface area (Å²) in [6.07, 6.45) is 1.85. The Bertz CT molecular complexity index is 893. The second-order valence-electron chi connectivity index (χ2n) is 6.16. The predicted molar refractivity (Wildman–Crippen MR) is 104 cm³/mol. The molecule has 128 valence electrons. The number of thioether (sulfide) groups is 1. The molecule has 3 rings (SSSR count). The van der Waals surface area contributed by atoms with Crippen LogP contribution in [-0.4, -0.2) is 28.1 Å². The smallest absolute Gasteiger partial charge is 0.266 e. The standard InChI is InChI=1S/C20H20N2O2S/c1-12-7-5-6-8-16(12)21-20-22(4)19(24)17(25-20)11-15-9-13(2)18(23)14(3)10-15/h5-11,23H,1-4H3/b17-11+,21-20?. The lowest BCUT2D eigenvalue weighted by atomic mass is 10.1. The normalized spacial score (nSPS) is 17.8. The summed E-state index contributed by atoms with van der Waals surface area (Å²) in [6, 6.07) is 11.6. The van der Waals surface area contributed by atoms with Gasteiger partial charge in [0.25, 0.3) is 5.91 Å². The van der Waals surface area contributed by atoms with Crippen molar-refractivity contribution in [2.75, 3.05) is 7.05 Å². The lowest BCUT2D eigenvalue weighted by Gasteiger charge is -2.08. The van der Waals surface area contributed by atoms with Gasteiger partial charge in [0.15, 0.2) is 5.17 Å². The molecule has 5 heteroatoms. The molecule has 0 unspecified atom stereocenters. The molecular weight excluding hydrogens is 332 g/mol. The third kappa shape index (κ3) is 3.46. The summed E-state index contributed by atoms with van der Waals surface area (Å²) in [5, 5.41) is 10.6. The Balaban J connectivity index is 1.95. The largest absolute Gasteiger partial charge is 0.507 e.